The normalized spacial score (nSPS) is 23.0. The van der Waals surface area contributed by atoms with Crippen LogP contribution in [0, 0.1) is 17.8 Å². The Morgan fingerprint density at radius 2 is 1.71 bits per heavy atom. The van der Waals surface area contributed by atoms with Gasteiger partial charge >= 0.3 is 12.1 Å². The molecule has 184 valence electrons. The minimum atomic E-state index is -0.755. The maximum Gasteiger partial charge on any atom is 0.407 e. The molecule has 5 rings (SSSR count). The van der Waals surface area contributed by atoms with E-state index in [-0.39, 0.29) is 48.6 Å². The fourth-order valence-corrected chi connectivity index (χ4v) is 6.05. The van der Waals surface area contributed by atoms with Crippen molar-refractivity contribution in [1.29, 1.82) is 0 Å². The van der Waals surface area contributed by atoms with Crippen molar-refractivity contribution in [3.8, 4) is 11.1 Å². The molecule has 2 aliphatic carbocycles. The lowest BCUT2D eigenvalue weighted by molar-refractivity contribution is -0.139. The van der Waals surface area contributed by atoms with E-state index in [4.69, 9.17) is 4.74 Å². The molecule has 0 spiro atoms. The lowest BCUT2D eigenvalue weighted by Gasteiger charge is -2.28. The summed E-state index contributed by atoms with van der Waals surface area (Å²) in [5.74, 6) is -0.821. The van der Waals surface area contributed by atoms with E-state index in [9.17, 15) is 19.5 Å². The Labute approximate surface area is 205 Å². The molecule has 4 atom stereocenters. The van der Waals surface area contributed by atoms with E-state index in [2.05, 4.69) is 29.6 Å². The average molecular weight is 477 g/mol. The molecule has 2 aromatic carbocycles. The molecule has 2 amide bonds. The van der Waals surface area contributed by atoms with E-state index < -0.39 is 12.1 Å². The van der Waals surface area contributed by atoms with Crippen LogP contribution in [0.15, 0.2) is 48.5 Å². The van der Waals surface area contributed by atoms with Gasteiger partial charge in [0, 0.05) is 31.5 Å². The van der Waals surface area contributed by atoms with Crippen LogP contribution in [0.2, 0.25) is 0 Å². The fraction of sp³-hybridized carbons (Fsp3) is 0.464. The van der Waals surface area contributed by atoms with Crippen LogP contribution in [-0.2, 0) is 14.3 Å². The Bertz CT molecular complexity index is 1090. The summed E-state index contributed by atoms with van der Waals surface area (Å²) in [7, 11) is 0. The van der Waals surface area contributed by atoms with Gasteiger partial charge in [-0.1, -0.05) is 61.9 Å². The number of carboxylic acids is 1. The average Bonchev–Trinajstić information content (AvgIpc) is 3.50. The van der Waals surface area contributed by atoms with Crippen molar-refractivity contribution in [2.75, 3.05) is 19.7 Å². The zero-order valence-corrected chi connectivity index (χ0v) is 20.0. The molecular formula is C28H32N2O5. The first-order chi connectivity index (χ1) is 17.0. The number of rotatable bonds is 8. The van der Waals surface area contributed by atoms with Crippen molar-refractivity contribution < 1.29 is 24.2 Å². The number of nitrogens with zero attached hydrogens (tertiary/aromatic N) is 1. The van der Waals surface area contributed by atoms with E-state index in [1.165, 1.54) is 11.1 Å². The number of fused-ring (bicyclic) bond motifs is 4. The molecule has 2 fully saturated rings. The zero-order chi connectivity index (χ0) is 24.5. The molecule has 1 saturated carbocycles. The maximum atomic E-state index is 12.9. The first-order valence-corrected chi connectivity index (χ1v) is 12.6. The van der Waals surface area contributed by atoms with Gasteiger partial charge in [0.05, 0.1) is 5.92 Å². The molecule has 2 unspecified atom stereocenters. The number of ether oxygens (including phenoxy) is 1. The summed E-state index contributed by atoms with van der Waals surface area (Å²) in [4.78, 5) is 38.7. The second kappa shape index (κ2) is 9.72. The highest BCUT2D eigenvalue weighted by atomic mass is 16.5. The van der Waals surface area contributed by atoms with E-state index >= 15 is 0 Å². The van der Waals surface area contributed by atoms with E-state index in [0.29, 0.717) is 19.5 Å². The molecule has 1 heterocycles. The van der Waals surface area contributed by atoms with Crippen LogP contribution in [0.4, 0.5) is 4.79 Å². The van der Waals surface area contributed by atoms with Gasteiger partial charge < -0.3 is 20.1 Å². The topological polar surface area (TPSA) is 95.9 Å². The number of piperidine rings is 1. The van der Waals surface area contributed by atoms with Crippen LogP contribution < -0.4 is 5.32 Å². The highest BCUT2D eigenvalue weighted by Gasteiger charge is 2.57. The minimum Gasteiger partial charge on any atom is -0.481 e. The van der Waals surface area contributed by atoms with Crippen molar-refractivity contribution in [1.82, 2.24) is 10.2 Å². The Kier molecular flexibility index (Phi) is 6.50. The zero-order valence-electron chi connectivity index (χ0n) is 20.0. The Morgan fingerprint density at radius 1 is 1.06 bits per heavy atom. The second-order valence-electron chi connectivity index (χ2n) is 9.98. The molecule has 0 bridgehead atoms. The van der Waals surface area contributed by atoms with E-state index in [0.717, 1.165) is 24.0 Å². The number of nitrogens with one attached hydrogen (secondary N) is 1. The molecule has 2 N–H and O–H groups in total. The van der Waals surface area contributed by atoms with Crippen LogP contribution in [-0.4, -0.2) is 53.7 Å². The SMILES string of the molecule is CCCC(CC(=O)N1CC[C@@H]2C(C(=O)O)[C@@H]2C1)NC(=O)OCC1c2ccccc2-c2ccccc21. The lowest BCUT2D eigenvalue weighted by atomic mass is 9.98. The lowest BCUT2D eigenvalue weighted by Crippen LogP contribution is -2.43. The third kappa shape index (κ3) is 4.64. The minimum absolute atomic E-state index is 0.0126. The molecular weight excluding hydrogens is 444 g/mol. The molecule has 0 radical (unpaired) electrons. The van der Waals surface area contributed by atoms with Crippen molar-refractivity contribution in [3.63, 3.8) is 0 Å². The standard InChI is InChI=1S/C28H32N2O5/c1-2-7-17(14-25(31)30-13-12-22-23(15-30)26(22)27(32)33)29-28(34)35-16-24-20-10-5-3-8-18(20)19-9-4-6-11-21(19)24/h3-6,8-11,17,22-24,26H,2,7,12-16H2,1H3,(H,29,34)(H,32,33)/t17?,22-,23+,26?/m0/s1. The fourth-order valence-electron chi connectivity index (χ4n) is 6.05. The predicted octanol–water partition coefficient (Wildman–Crippen LogP) is 4.26. The second-order valence-corrected chi connectivity index (χ2v) is 9.98. The largest absolute Gasteiger partial charge is 0.481 e. The van der Waals surface area contributed by atoms with E-state index in [1.807, 2.05) is 31.2 Å². The van der Waals surface area contributed by atoms with Crippen LogP contribution in [0.5, 0.6) is 0 Å². The number of hydrogen-bond donors (Lipinski definition) is 2. The quantitative estimate of drug-likeness (QED) is 0.593. The third-order valence-electron chi connectivity index (χ3n) is 7.86. The molecule has 0 aromatic heterocycles. The highest BCUT2D eigenvalue weighted by molar-refractivity contribution is 5.80. The number of aliphatic carboxylic acids is 1. The van der Waals surface area contributed by atoms with Crippen molar-refractivity contribution in [2.24, 2.45) is 17.8 Å². The van der Waals surface area contributed by atoms with Crippen LogP contribution in [0.3, 0.4) is 0 Å². The third-order valence-corrected chi connectivity index (χ3v) is 7.86. The number of hydrogen-bond acceptors (Lipinski definition) is 4. The summed E-state index contributed by atoms with van der Waals surface area (Å²) < 4.78 is 5.67. The summed E-state index contributed by atoms with van der Waals surface area (Å²) in [5, 5.41) is 12.2. The molecule has 7 nitrogen and oxygen atoms in total. The number of likely N-dealkylation sites (tertiary alicyclic amines) is 1. The number of carbonyl (C=O) groups is 3. The molecule has 1 aliphatic heterocycles. The van der Waals surface area contributed by atoms with Crippen molar-refractivity contribution in [3.05, 3.63) is 59.7 Å². The number of carbonyl (C=O) groups excluding carboxylic acids is 2. The maximum absolute atomic E-state index is 12.9. The summed E-state index contributed by atoms with van der Waals surface area (Å²) in [6.07, 6.45) is 1.93. The van der Waals surface area contributed by atoms with Gasteiger partial charge in [-0.25, -0.2) is 4.79 Å². The van der Waals surface area contributed by atoms with Gasteiger partial charge in [0.2, 0.25) is 5.91 Å². The molecule has 35 heavy (non-hydrogen) atoms. The van der Waals surface area contributed by atoms with Crippen molar-refractivity contribution in [2.45, 2.75) is 44.6 Å². The van der Waals surface area contributed by atoms with E-state index in [1.54, 1.807) is 4.90 Å². The van der Waals surface area contributed by atoms with Crippen LogP contribution >= 0.6 is 0 Å². The highest BCUT2D eigenvalue weighted by Crippen LogP contribution is 2.51. The van der Waals surface area contributed by atoms with Crippen molar-refractivity contribution >= 4 is 18.0 Å². The molecule has 3 aliphatic rings. The summed E-state index contributed by atoms with van der Waals surface area (Å²) in [6.45, 7) is 3.35. The van der Waals surface area contributed by atoms with Gasteiger partial charge in [0.1, 0.15) is 6.61 Å². The Hall–Kier alpha value is -3.35. The molecule has 7 heteroatoms. The first kappa shape index (κ1) is 23.4. The van der Waals surface area contributed by atoms with Gasteiger partial charge in [0.25, 0.3) is 0 Å². The van der Waals surface area contributed by atoms with Gasteiger partial charge in [-0.15, -0.1) is 0 Å². The number of alkyl carbamates (subject to hydrolysis) is 1. The van der Waals surface area contributed by atoms with Gasteiger partial charge in [0.15, 0.2) is 0 Å². The van der Waals surface area contributed by atoms with Gasteiger partial charge in [-0.2, -0.15) is 0 Å². The predicted molar refractivity (Wildman–Crippen MR) is 131 cm³/mol. The Balaban J connectivity index is 1.16. The summed E-state index contributed by atoms with van der Waals surface area (Å²) >= 11 is 0. The smallest absolute Gasteiger partial charge is 0.407 e. The number of amides is 2. The van der Waals surface area contributed by atoms with Crippen LogP contribution in [0.1, 0.15) is 49.7 Å². The molecule has 2 aromatic rings. The molecule has 1 saturated heterocycles. The number of benzene rings is 2. The number of carboxylic acid groups (broad SMARTS) is 1. The monoisotopic (exact) mass is 476 g/mol. The summed E-state index contributed by atoms with van der Waals surface area (Å²) in [6, 6.07) is 16.1. The van der Waals surface area contributed by atoms with Gasteiger partial charge in [-0.05, 0) is 46.9 Å². The summed E-state index contributed by atoms with van der Waals surface area (Å²) in [5.41, 5.74) is 4.67. The first-order valence-electron chi connectivity index (χ1n) is 12.6. The van der Waals surface area contributed by atoms with Gasteiger partial charge in [-0.3, -0.25) is 9.59 Å². The Morgan fingerprint density at radius 3 is 2.34 bits per heavy atom. The van der Waals surface area contributed by atoms with Crippen LogP contribution in [0.25, 0.3) is 11.1 Å².